The van der Waals surface area contributed by atoms with Crippen molar-refractivity contribution in [3.05, 3.63) is 64.1 Å². The second kappa shape index (κ2) is 5.17. The van der Waals surface area contributed by atoms with Crippen molar-refractivity contribution in [3.8, 4) is 5.75 Å². The molecule has 1 aliphatic heterocycles. The molecule has 3 heteroatoms. The zero-order valence-corrected chi connectivity index (χ0v) is 11.9. The van der Waals surface area contributed by atoms with Gasteiger partial charge in [0.15, 0.2) is 5.78 Å². The van der Waals surface area contributed by atoms with E-state index in [9.17, 15) is 4.79 Å². The Labute approximate surface area is 120 Å². The molecule has 2 aromatic carbocycles. The zero-order valence-electron chi connectivity index (χ0n) is 10.3. The van der Waals surface area contributed by atoms with E-state index >= 15 is 0 Å². The summed E-state index contributed by atoms with van der Waals surface area (Å²) in [4.78, 5) is 12.6. The van der Waals surface area contributed by atoms with Gasteiger partial charge in [0, 0.05) is 15.6 Å². The minimum absolute atomic E-state index is 0.0916. The van der Waals surface area contributed by atoms with Gasteiger partial charge in [0.2, 0.25) is 0 Å². The summed E-state index contributed by atoms with van der Waals surface area (Å²) in [5, 5.41) is 0. The molecule has 3 rings (SSSR count). The minimum Gasteiger partial charge on any atom is -0.493 e. The molecule has 1 unspecified atom stereocenters. The van der Waals surface area contributed by atoms with E-state index in [1.807, 2.05) is 48.5 Å². The van der Waals surface area contributed by atoms with Gasteiger partial charge in [-0.25, -0.2) is 0 Å². The Balaban J connectivity index is 1.95. The number of Topliss-reactive ketones (excluding diaryl/α,β-unsaturated/α-hetero) is 1. The molecule has 0 aromatic heterocycles. The summed E-state index contributed by atoms with van der Waals surface area (Å²) in [5.41, 5.74) is 1.76. The van der Waals surface area contributed by atoms with Crippen LogP contribution >= 0.6 is 15.9 Å². The van der Waals surface area contributed by atoms with Crippen molar-refractivity contribution in [2.75, 3.05) is 6.61 Å². The summed E-state index contributed by atoms with van der Waals surface area (Å²) in [5.74, 6) is 0.915. The average molecular weight is 317 g/mol. The molecule has 0 N–H and O–H groups in total. The monoisotopic (exact) mass is 316 g/mol. The summed E-state index contributed by atoms with van der Waals surface area (Å²) in [6.45, 7) is 0.601. The molecule has 19 heavy (non-hydrogen) atoms. The third-order valence-corrected chi connectivity index (χ3v) is 3.93. The fourth-order valence-corrected chi connectivity index (χ4v) is 2.69. The lowest BCUT2D eigenvalue weighted by atomic mass is 9.86. The molecule has 0 amide bonds. The van der Waals surface area contributed by atoms with Crippen molar-refractivity contribution in [1.29, 1.82) is 0 Å². The summed E-state index contributed by atoms with van der Waals surface area (Å²) in [6, 6.07) is 15.3. The van der Waals surface area contributed by atoms with Crippen LogP contribution in [0, 0.1) is 0 Å². The minimum atomic E-state index is -0.0916. The molecule has 0 spiro atoms. The van der Waals surface area contributed by atoms with Crippen molar-refractivity contribution in [2.24, 2.45) is 0 Å². The standard InChI is InChI=1S/C16H13BrO2/c17-12-7-5-11(6-8-12)16(18)14-9-10-19-15-4-2-1-3-13(14)15/h1-8,14H,9-10H2. The molecule has 0 aliphatic carbocycles. The number of halogens is 1. The second-order valence-electron chi connectivity index (χ2n) is 4.60. The Morgan fingerprint density at radius 3 is 2.63 bits per heavy atom. The van der Waals surface area contributed by atoms with E-state index in [1.165, 1.54) is 0 Å². The van der Waals surface area contributed by atoms with Gasteiger partial charge in [-0.05, 0) is 24.6 Å². The molecule has 96 valence electrons. The van der Waals surface area contributed by atoms with Crippen LogP contribution in [0.2, 0.25) is 0 Å². The second-order valence-corrected chi connectivity index (χ2v) is 5.51. The SMILES string of the molecule is O=C(c1ccc(Br)cc1)C1CCOc2ccccc21. The highest BCUT2D eigenvalue weighted by atomic mass is 79.9. The number of carbonyl (C=O) groups excluding carboxylic acids is 1. The number of rotatable bonds is 2. The van der Waals surface area contributed by atoms with Crippen LogP contribution in [0.3, 0.4) is 0 Å². The van der Waals surface area contributed by atoms with Crippen LogP contribution < -0.4 is 4.74 Å². The maximum absolute atomic E-state index is 12.6. The van der Waals surface area contributed by atoms with Crippen LogP contribution in [0.25, 0.3) is 0 Å². The summed E-state index contributed by atoms with van der Waals surface area (Å²) in [7, 11) is 0. The smallest absolute Gasteiger partial charge is 0.170 e. The first-order valence-corrected chi connectivity index (χ1v) is 7.06. The summed E-state index contributed by atoms with van der Waals surface area (Å²) in [6.07, 6.45) is 0.742. The lowest BCUT2D eigenvalue weighted by Crippen LogP contribution is -2.21. The third kappa shape index (κ3) is 2.43. The Morgan fingerprint density at radius 1 is 1.11 bits per heavy atom. The van der Waals surface area contributed by atoms with E-state index in [0.717, 1.165) is 27.8 Å². The number of carbonyl (C=O) groups is 1. The quantitative estimate of drug-likeness (QED) is 0.776. The maximum Gasteiger partial charge on any atom is 0.170 e. The van der Waals surface area contributed by atoms with Gasteiger partial charge < -0.3 is 4.74 Å². The lowest BCUT2D eigenvalue weighted by Gasteiger charge is -2.24. The van der Waals surface area contributed by atoms with Crippen LogP contribution in [0.4, 0.5) is 0 Å². The fraction of sp³-hybridized carbons (Fsp3) is 0.188. The van der Waals surface area contributed by atoms with Crippen LogP contribution in [0.5, 0.6) is 5.75 Å². The molecule has 0 bridgehead atoms. The van der Waals surface area contributed by atoms with Crippen molar-refractivity contribution in [3.63, 3.8) is 0 Å². The highest BCUT2D eigenvalue weighted by Gasteiger charge is 2.27. The average Bonchev–Trinajstić information content (AvgIpc) is 2.47. The topological polar surface area (TPSA) is 26.3 Å². The number of para-hydroxylation sites is 1. The first kappa shape index (κ1) is 12.4. The lowest BCUT2D eigenvalue weighted by molar-refractivity contribution is 0.0933. The zero-order chi connectivity index (χ0) is 13.2. The number of benzene rings is 2. The normalized spacial score (nSPS) is 17.4. The Bertz CT molecular complexity index is 604. The van der Waals surface area contributed by atoms with E-state index in [2.05, 4.69) is 15.9 Å². The number of ether oxygens (including phenoxy) is 1. The van der Waals surface area contributed by atoms with Gasteiger partial charge in [0.1, 0.15) is 5.75 Å². The molecule has 1 atom stereocenters. The molecule has 1 aliphatic rings. The van der Waals surface area contributed by atoms with Crippen LogP contribution in [0.1, 0.15) is 28.3 Å². The maximum atomic E-state index is 12.6. The van der Waals surface area contributed by atoms with E-state index in [1.54, 1.807) is 0 Å². The Hall–Kier alpha value is -1.61. The Kier molecular flexibility index (Phi) is 3.38. The van der Waals surface area contributed by atoms with E-state index in [-0.39, 0.29) is 11.7 Å². The summed E-state index contributed by atoms with van der Waals surface area (Å²) >= 11 is 3.39. The van der Waals surface area contributed by atoms with Crippen molar-refractivity contribution >= 4 is 21.7 Å². The third-order valence-electron chi connectivity index (χ3n) is 3.40. The van der Waals surface area contributed by atoms with E-state index < -0.39 is 0 Å². The van der Waals surface area contributed by atoms with Gasteiger partial charge in [0.25, 0.3) is 0 Å². The van der Waals surface area contributed by atoms with Crippen molar-refractivity contribution in [1.82, 2.24) is 0 Å². The Morgan fingerprint density at radius 2 is 1.84 bits per heavy atom. The number of hydrogen-bond acceptors (Lipinski definition) is 2. The van der Waals surface area contributed by atoms with Crippen LogP contribution in [-0.2, 0) is 0 Å². The molecule has 2 aromatic rings. The van der Waals surface area contributed by atoms with Crippen LogP contribution in [-0.4, -0.2) is 12.4 Å². The molecule has 0 radical (unpaired) electrons. The first-order chi connectivity index (χ1) is 9.25. The predicted octanol–water partition coefficient (Wildman–Crippen LogP) is 4.20. The fourth-order valence-electron chi connectivity index (χ4n) is 2.43. The van der Waals surface area contributed by atoms with Crippen molar-refractivity contribution < 1.29 is 9.53 Å². The van der Waals surface area contributed by atoms with Gasteiger partial charge in [0.05, 0.1) is 12.5 Å². The van der Waals surface area contributed by atoms with Gasteiger partial charge in [-0.15, -0.1) is 0 Å². The molecule has 2 nitrogen and oxygen atoms in total. The number of hydrogen-bond donors (Lipinski definition) is 0. The molecular formula is C16H13BrO2. The van der Waals surface area contributed by atoms with Crippen molar-refractivity contribution in [2.45, 2.75) is 12.3 Å². The first-order valence-electron chi connectivity index (χ1n) is 6.27. The number of fused-ring (bicyclic) bond motifs is 1. The summed E-state index contributed by atoms with van der Waals surface area (Å²) < 4.78 is 6.58. The molecule has 0 saturated carbocycles. The highest BCUT2D eigenvalue weighted by Crippen LogP contribution is 2.35. The molecule has 0 saturated heterocycles. The van der Waals surface area contributed by atoms with E-state index in [4.69, 9.17) is 4.74 Å². The molecule has 1 heterocycles. The van der Waals surface area contributed by atoms with Gasteiger partial charge in [-0.1, -0.05) is 46.3 Å². The van der Waals surface area contributed by atoms with Gasteiger partial charge >= 0.3 is 0 Å². The van der Waals surface area contributed by atoms with E-state index in [0.29, 0.717) is 6.61 Å². The predicted molar refractivity (Wildman–Crippen MR) is 77.8 cm³/mol. The largest absolute Gasteiger partial charge is 0.493 e. The van der Waals surface area contributed by atoms with Gasteiger partial charge in [-0.2, -0.15) is 0 Å². The molecule has 0 fully saturated rings. The number of ketones is 1. The van der Waals surface area contributed by atoms with Gasteiger partial charge in [-0.3, -0.25) is 4.79 Å². The van der Waals surface area contributed by atoms with Crippen LogP contribution in [0.15, 0.2) is 53.0 Å². The molecular weight excluding hydrogens is 304 g/mol. The highest BCUT2D eigenvalue weighted by molar-refractivity contribution is 9.10.